The monoisotopic (exact) mass is 370 g/mol. The number of hydrogen-bond donors (Lipinski definition) is 2. The SMILES string of the molecule is CCNC(=NCc1ccc(N2CCCCC2=O)cc1)NC1CC2CCC1O2. The highest BCUT2D eigenvalue weighted by atomic mass is 16.5. The van der Waals surface area contributed by atoms with Crippen LogP contribution in [0, 0.1) is 0 Å². The van der Waals surface area contributed by atoms with Gasteiger partial charge in [0.2, 0.25) is 5.91 Å². The maximum Gasteiger partial charge on any atom is 0.226 e. The minimum absolute atomic E-state index is 0.235. The number of nitrogens with zero attached hydrogens (tertiary/aromatic N) is 2. The molecule has 27 heavy (non-hydrogen) atoms. The Morgan fingerprint density at radius 1 is 1.26 bits per heavy atom. The van der Waals surface area contributed by atoms with E-state index in [4.69, 9.17) is 9.73 Å². The molecule has 3 saturated heterocycles. The van der Waals surface area contributed by atoms with Gasteiger partial charge >= 0.3 is 0 Å². The number of anilines is 1. The second-order valence-corrected chi connectivity index (χ2v) is 7.72. The van der Waals surface area contributed by atoms with Crippen LogP contribution in [-0.4, -0.2) is 43.2 Å². The largest absolute Gasteiger partial charge is 0.373 e. The first-order chi connectivity index (χ1) is 13.2. The number of carbonyl (C=O) groups is 1. The molecule has 4 rings (SSSR count). The van der Waals surface area contributed by atoms with Crippen LogP contribution in [0.3, 0.4) is 0 Å². The normalized spacial score (nSPS) is 27.9. The van der Waals surface area contributed by atoms with Gasteiger partial charge in [-0.2, -0.15) is 0 Å². The van der Waals surface area contributed by atoms with Gasteiger partial charge in [-0.25, -0.2) is 4.99 Å². The first kappa shape index (κ1) is 18.3. The smallest absolute Gasteiger partial charge is 0.226 e. The van der Waals surface area contributed by atoms with Crippen LogP contribution in [0.15, 0.2) is 29.3 Å². The minimum Gasteiger partial charge on any atom is -0.373 e. The van der Waals surface area contributed by atoms with Crippen LogP contribution in [0.25, 0.3) is 0 Å². The maximum atomic E-state index is 12.1. The molecule has 3 fully saturated rings. The summed E-state index contributed by atoms with van der Waals surface area (Å²) in [4.78, 5) is 18.7. The molecule has 3 aliphatic rings. The molecule has 2 bridgehead atoms. The third kappa shape index (κ3) is 4.26. The fraction of sp³-hybridized carbons (Fsp3) is 0.619. The molecular formula is C21H30N4O2. The molecule has 146 valence electrons. The molecular weight excluding hydrogens is 340 g/mol. The fourth-order valence-electron chi connectivity index (χ4n) is 4.32. The van der Waals surface area contributed by atoms with Gasteiger partial charge in [-0.1, -0.05) is 12.1 Å². The summed E-state index contributed by atoms with van der Waals surface area (Å²) in [6.07, 6.45) is 6.95. The zero-order valence-electron chi connectivity index (χ0n) is 16.1. The molecule has 3 atom stereocenters. The van der Waals surface area contributed by atoms with Crippen molar-refractivity contribution in [2.45, 2.75) is 70.2 Å². The highest BCUT2D eigenvalue weighted by Crippen LogP contribution is 2.34. The zero-order chi connectivity index (χ0) is 18.6. The van der Waals surface area contributed by atoms with Gasteiger partial charge in [-0.15, -0.1) is 0 Å². The van der Waals surface area contributed by atoms with Crippen molar-refractivity contribution < 1.29 is 9.53 Å². The van der Waals surface area contributed by atoms with E-state index in [0.717, 1.165) is 56.0 Å². The number of benzene rings is 1. The van der Waals surface area contributed by atoms with Crippen LogP contribution < -0.4 is 15.5 Å². The number of fused-ring (bicyclic) bond motifs is 2. The topological polar surface area (TPSA) is 66.0 Å². The van der Waals surface area contributed by atoms with Crippen molar-refractivity contribution in [2.24, 2.45) is 4.99 Å². The highest BCUT2D eigenvalue weighted by molar-refractivity contribution is 5.93. The molecule has 0 saturated carbocycles. The molecule has 1 amide bonds. The van der Waals surface area contributed by atoms with Gasteiger partial charge in [0.1, 0.15) is 0 Å². The third-order valence-corrected chi connectivity index (χ3v) is 5.76. The van der Waals surface area contributed by atoms with Gasteiger partial charge < -0.3 is 20.3 Å². The number of carbonyl (C=O) groups excluding carboxylic acids is 1. The van der Waals surface area contributed by atoms with E-state index in [1.807, 2.05) is 17.0 Å². The number of guanidine groups is 1. The molecule has 0 spiro atoms. The molecule has 3 aliphatic heterocycles. The molecule has 1 aromatic carbocycles. The number of piperidine rings is 1. The Morgan fingerprint density at radius 2 is 2.11 bits per heavy atom. The van der Waals surface area contributed by atoms with Crippen molar-refractivity contribution in [1.82, 2.24) is 10.6 Å². The van der Waals surface area contributed by atoms with Gasteiger partial charge in [0.25, 0.3) is 0 Å². The number of rotatable bonds is 5. The standard InChI is InChI=1S/C21H30N4O2/c1-2-22-21(24-18-13-17-10-11-19(18)27-17)23-14-15-6-8-16(9-7-15)25-12-4-3-5-20(25)26/h6-9,17-19H,2-5,10-14H2,1H3,(H2,22,23,24). The van der Waals surface area contributed by atoms with Gasteiger partial charge in [0.15, 0.2) is 5.96 Å². The van der Waals surface area contributed by atoms with E-state index in [0.29, 0.717) is 31.2 Å². The van der Waals surface area contributed by atoms with E-state index in [1.165, 1.54) is 6.42 Å². The van der Waals surface area contributed by atoms with Gasteiger partial charge in [-0.3, -0.25) is 4.79 Å². The number of aliphatic imine (C=N–C) groups is 1. The first-order valence-corrected chi connectivity index (χ1v) is 10.3. The lowest BCUT2D eigenvalue weighted by Gasteiger charge is -2.26. The van der Waals surface area contributed by atoms with Crippen molar-refractivity contribution >= 4 is 17.6 Å². The van der Waals surface area contributed by atoms with Crippen LogP contribution in [0.2, 0.25) is 0 Å². The lowest BCUT2D eigenvalue weighted by molar-refractivity contribution is -0.119. The Morgan fingerprint density at radius 3 is 2.78 bits per heavy atom. The van der Waals surface area contributed by atoms with Crippen LogP contribution in [0.4, 0.5) is 5.69 Å². The van der Waals surface area contributed by atoms with Crippen LogP contribution in [-0.2, 0) is 16.1 Å². The number of amides is 1. The Kier molecular flexibility index (Phi) is 5.62. The van der Waals surface area contributed by atoms with E-state index in [-0.39, 0.29) is 5.91 Å². The highest BCUT2D eigenvalue weighted by Gasteiger charge is 2.41. The molecule has 0 aromatic heterocycles. The van der Waals surface area contributed by atoms with Crippen LogP contribution >= 0.6 is 0 Å². The van der Waals surface area contributed by atoms with Crippen LogP contribution in [0.1, 0.15) is 51.0 Å². The summed E-state index contributed by atoms with van der Waals surface area (Å²) >= 11 is 0. The molecule has 6 nitrogen and oxygen atoms in total. The average molecular weight is 370 g/mol. The predicted molar refractivity (Wildman–Crippen MR) is 107 cm³/mol. The molecule has 6 heteroatoms. The molecule has 3 unspecified atom stereocenters. The fourth-order valence-corrected chi connectivity index (χ4v) is 4.32. The van der Waals surface area contributed by atoms with E-state index in [2.05, 4.69) is 29.7 Å². The summed E-state index contributed by atoms with van der Waals surface area (Å²) in [5, 5.41) is 6.89. The maximum absolute atomic E-state index is 12.1. The quantitative estimate of drug-likeness (QED) is 0.618. The van der Waals surface area contributed by atoms with E-state index < -0.39 is 0 Å². The van der Waals surface area contributed by atoms with Crippen molar-refractivity contribution in [2.75, 3.05) is 18.0 Å². The summed E-state index contributed by atoms with van der Waals surface area (Å²) in [7, 11) is 0. The van der Waals surface area contributed by atoms with E-state index >= 15 is 0 Å². The molecule has 3 heterocycles. The second-order valence-electron chi connectivity index (χ2n) is 7.72. The molecule has 0 aliphatic carbocycles. The van der Waals surface area contributed by atoms with Crippen LogP contribution in [0.5, 0.6) is 0 Å². The number of hydrogen-bond acceptors (Lipinski definition) is 3. The summed E-state index contributed by atoms with van der Waals surface area (Å²) in [6.45, 7) is 4.37. The number of ether oxygens (including phenoxy) is 1. The molecule has 0 radical (unpaired) electrons. The second kappa shape index (κ2) is 8.30. The third-order valence-electron chi connectivity index (χ3n) is 5.76. The van der Waals surface area contributed by atoms with Crippen molar-refractivity contribution in [3.63, 3.8) is 0 Å². The van der Waals surface area contributed by atoms with Crippen molar-refractivity contribution in [1.29, 1.82) is 0 Å². The Labute approximate surface area is 161 Å². The summed E-state index contributed by atoms with van der Waals surface area (Å²) in [5.74, 6) is 1.09. The van der Waals surface area contributed by atoms with Gasteiger partial charge in [0, 0.05) is 25.2 Å². The summed E-state index contributed by atoms with van der Waals surface area (Å²) < 4.78 is 5.93. The Bertz CT molecular complexity index is 688. The van der Waals surface area contributed by atoms with Gasteiger partial charge in [-0.05, 0) is 56.7 Å². The molecule has 1 aromatic rings. The van der Waals surface area contributed by atoms with E-state index in [1.54, 1.807) is 0 Å². The summed E-state index contributed by atoms with van der Waals surface area (Å²) in [6, 6.07) is 8.60. The average Bonchev–Trinajstić information content (AvgIpc) is 3.30. The lowest BCUT2D eigenvalue weighted by Crippen LogP contribution is -2.47. The lowest BCUT2D eigenvalue weighted by atomic mass is 9.96. The first-order valence-electron chi connectivity index (χ1n) is 10.3. The van der Waals surface area contributed by atoms with Crippen molar-refractivity contribution in [3.05, 3.63) is 29.8 Å². The Hall–Kier alpha value is -2.08. The van der Waals surface area contributed by atoms with Crippen molar-refractivity contribution in [3.8, 4) is 0 Å². The molecule has 2 N–H and O–H groups in total. The zero-order valence-corrected chi connectivity index (χ0v) is 16.1. The minimum atomic E-state index is 0.235. The predicted octanol–water partition coefficient (Wildman–Crippen LogP) is 2.58. The number of nitrogens with one attached hydrogen (secondary N) is 2. The summed E-state index contributed by atoms with van der Waals surface area (Å²) in [5.41, 5.74) is 2.14. The van der Waals surface area contributed by atoms with E-state index in [9.17, 15) is 4.79 Å². The Balaban J connectivity index is 1.37. The van der Waals surface area contributed by atoms with Gasteiger partial charge in [0.05, 0.1) is 24.8 Å².